The van der Waals surface area contributed by atoms with Crippen LogP contribution in [0, 0.1) is 24.2 Å². The minimum absolute atomic E-state index is 0.250. The first-order valence-electron chi connectivity index (χ1n) is 22.8. The minimum atomic E-state index is -3.73. The predicted octanol–water partition coefficient (Wildman–Crippen LogP) is 16.4. The highest BCUT2D eigenvalue weighted by molar-refractivity contribution is 7.86. The third-order valence-corrected chi connectivity index (χ3v) is 11.3. The van der Waals surface area contributed by atoms with Crippen LogP contribution in [0.4, 0.5) is 0 Å². The Morgan fingerprint density at radius 2 is 0.818 bits per heavy atom. The topological polar surface area (TPSA) is 67.2 Å². The Hall–Kier alpha value is -2.42. The first kappa shape index (κ1) is 52.6. The number of hydrogen-bond acceptors (Lipinski definition) is 4. The van der Waals surface area contributed by atoms with Crippen LogP contribution in [0.5, 0.6) is 0 Å². The van der Waals surface area contributed by atoms with Crippen molar-refractivity contribution in [3.8, 4) is 6.07 Å². The van der Waals surface area contributed by atoms with E-state index in [-0.39, 0.29) is 16.9 Å². The zero-order chi connectivity index (χ0) is 40.5. The van der Waals surface area contributed by atoms with Gasteiger partial charge in [-0.1, -0.05) is 145 Å². The summed E-state index contributed by atoms with van der Waals surface area (Å²) in [6.45, 7) is 10.9. The van der Waals surface area contributed by atoms with Gasteiger partial charge in [0.15, 0.2) is 0 Å². The molecule has 1 aromatic rings. The number of unbranched alkanes of at least 4 members (excludes halogenated alkanes) is 16. The van der Waals surface area contributed by atoms with Crippen molar-refractivity contribution >= 4 is 10.1 Å². The van der Waals surface area contributed by atoms with Gasteiger partial charge >= 0.3 is 0 Å². The lowest BCUT2D eigenvalue weighted by molar-refractivity contribution is 0.183. The zero-order valence-corrected chi connectivity index (χ0v) is 37.3. The Balaban J connectivity index is 0.00000112. The quantitative estimate of drug-likeness (QED) is 0.0391. The van der Waals surface area contributed by atoms with E-state index in [4.69, 9.17) is 4.18 Å². The molecule has 0 saturated heterocycles. The van der Waals surface area contributed by atoms with Gasteiger partial charge in [-0.05, 0) is 147 Å². The summed E-state index contributed by atoms with van der Waals surface area (Å²) in [5, 5.41) is 9.24. The van der Waals surface area contributed by atoms with Gasteiger partial charge in [0.1, 0.15) is 0 Å². The molecular formula is C50H85NO3S. The van der Waals surface area contributed by atoms with Crippen molar-refractivity contribution in [3.05, 3.63) is 78.4 Å². The average Bonchev–Trinajstić information content (AvgIpc) is 3.18. The molecule has 0 aliphatic rings. The van der Waals surface area contributed by atoms with Gasteiger partial charge in [0.2, 0.25) is 0 Å². The predicted molar refractivity (Wildman–Crippen MR) is 241 cm³/mol. The summed E-state index contributed by atoms with van der Waals surface area (Å²) in [6, 6.07) is 9.40. The standard InChI is InChI=1S/C28H46O3S.C22H39N/c1-4-6-8-10-12-14-16-18-20-27(21-19-17-15-13-11-9-7-5-2)31-32(29,30)28-24-22-26(3)23-25-28;1-3-5-7-9-11-13-15-17-19-22(21-23)20-18-16-14-12-10-8-6-4-2/h12-15,22-25,27H,4-11,16-21H2,1-3H3;11-14,22H,3-10,15-20H2,1-2H3/b14-12-,15-13-;13-11-,14-12-. The van der Waals surface area contributed by atoms with Crippen molar-refractivity contribution < 1.29 is 12.6 Å². The van der Waals surface area contributed by atoms with Crippen LogP contribution in [-0.4, -0.2) is 14.5 Å². The number of aryl methyl sites for hydroxylation is 1. The summed E-state index contributed by atoms with van der Waals surface area (Å²) in [4.78, 5) is 0.250. The maximum absolute atomic E-state index is 12.8. The maximum atomic E-state index is 12.8. The van der Waals surface area contributed by atoms with E-state index in [1.54, 1.807) is 12.1 Å². The van der Waals surface area contributed by atoms with Crippen molar-refractivity contribution in [2.45, 2.75) is 225 Å². The molecule has 0 amide bonds. The number of rotatable bonds is 35. The summed E-state index contributed by atoms with van der Waals surface area (Å²) in [6.07, 6.45) is 50.3. The smallest absolute Gasteiger partial charge is 0.263 e. The first-order chi connectivity index (χ1) is 26.8. The Morgan fingerprint density at radius 1 is 0.509 bits per heavy atom. The molecular weight excluding hydrogens is 695 g/mol. The Morgan fingerprint density at radius 3 is 1.13 bits per heavy atom. The number of hydrogen-bond donors (Lipinski definition) is 0. The molecule has 1 rings (SSSR count). The maximum Gasteiger partial charge on any atom is 0.297 e. The third-order valence-electron chi connectivity index (χ3n) is 9.96. The van der Waals surface area contributed by atoms with Gasteiger partial charge in [0, 0.05) is 5.92 Å². The fraction of sp³-hybridized carbons (Fsp3) is 0.700. The van der Waals surface area contributed by atoms with Crippen LogP contribution >= 0.6 is 0 Å². The molecule has 314 valence electrons. The fourth-order valence-corrected chi connectivity index (χ4v) is 7.47. The van der Waals surface area contributed by atoms with Crippen LogP contribution in [0.1, 0.15) is 213 Å². The van der Waals surface area contributed by atoms with Gasteiger partial charge in [-0.3, -0.25) is 4.18 Å². The number of benzene rings is 1. The van der Waals surface area contributed by atoms with E-state index in [2.05, 4.69) is 82.4 Å². The summed E-state index contributed by atoms with van der Waals surface area (Å²) in [5.41, 5.74) is 1.04. The van der Waals surface area contributed by atoms with Crippen molar-refractivity contribution in [1.82, 2.24) is 0 Å². The third kappa shape index (κ3) is 34.5. The Labute approximate surface area is 342 Å². The number of nitrogens with zero attached hydrogens (tertiary/aromatic N) is 1. The average molecular weight is 780 g/mol. The molecule has 0 aliphatic carbocycles. The largest absolute Gasteiger partial charge is 0.297 e. The van der Waals surface area contributed by atoms with E-state index < -0.39 is 10.1 Å². The molecule has 0 aliphatic heterocycles. The summed E-state index contributed by atoms with van der Waals surface area (Å²) < 4.78 is 31.3. The molecule has 4 nitrogen and oxygen atoms in total. The lowest BCUT2D eigenvalue weighted by atomic mass is 9.97. The second-order valence-electron chi connectivity index (χ2n) is 15.4. The molecule has 0 heterocycles. The van der Waals surface area contributed by atoms with Crippen LogP contribution in [0.3, 0.4) is 0 Å². The number of nitriles is 1. The van der Waals surface area contributed by atoms with Crippen molar-refractivity contribution in [2.75, 3.05) is 0 Å². The molecule has 0 fully saturated rings. The molecule has 0 unspecified atom stereocenters. The van der Waals surface area contributed by atoms with Gasteiger partial charge in [-0.25, -0.2) is 0 Å². The molecule has 1 aromatic carbocycles. The van der Waals surface area contributed by atoms with Gasteiger partial charge in [-0.15, -0.1) is 0 Å². The molecule has 0 aromatic heterocycles. The monoisotopic (exact) mass is 780 g/mol. The van der Waals surface area contributed by atoms with E-state index in [0.717, 1.165) is 95.5 Å². The molecule has 0 N–H and O–H groups in total. The molecule has 0 bridgehead atoms. The van der Waals surface area contributed by atoms with Crippen LogP contribution in [0.25, 0.3) is 0 Å². The molecule has 55 heavy (non-hydrogen) atoms. The van der Waals surface area contributed by atoms with Gasteiger partial charge < -0.3 is 0 Å². The van der Waals surface area contributed by atoms with E-state index in [0.29, 0.717) is 0 Å². The van der Waals surface area contributed by atoms with Crippen LogP contribution in [0.15, 0.2) is 77.8 Å². The highest BCUT2D eigenvalue weighted by Gasteiger charge is 2.21. The second kappa shape index (κ2) is 39.8. The summed E-state index contributed by atoms with van der Waals surface area (Å²) >= 11 is 0. The van der Waals surface area contributed by atoms with Crippen LogP contribution < -0.4 is 0 Å². The van der Waals surface area contributed by atoms with Gasteiger partial charge in [0.25, 0.3) is 10.1 Å². The van der Waals surface area contributed by atoms with E-state index in [1.165, 1.54) is 89.9 Å². The molecule has 0 saturated carbocycles. The highest BCUT2D eigenvalue weighted by atomic mass is 32.2. The summed E-state index contributed by atoms with van der Waals surface area (Å²) in [7, 11) is -3.73. The highest BCUT2D eigenvalue weighted by Crippen LogP contribution is 2.22. The van der Waals surface area contributed by atoms with Crippen molar-refractivity contribution in [2.24, 2.45) is 5.92 Å². The Kier molecular flexibility index (Phi) is 38.0. The van der Waals surface area contributed by atoms with Gasteiger partial charge in [0.05, 0.1) is 17.1 Å². The zero-order valence-electron chi connectivity index (χ0n) is 36.5. The normalized spacial score (nSPS) is 12.2. The van der Waals surface area contributed by atoms with Crippen LogP contribution in [-0.2, 0) is 14.3 Å². The fourth-order valence-electron chi connectivity index (χ4n) is 6.34. The summed E-state index contributed by atoms with van der Waals surface area (Å²) in [5.74, 6) is 0.261. The molecule has 0 spiro atoms. The van der Waals surface area contributed by atoms with Crippen molar-refractivity contribution in [1.29, 1.82) is 5.26 Å². The first-order valence-corrected chi connectivity index (χ1v) is 24.2. The second-order valence-corrected chi connectivity index (χ2v) is 17.0. The lowest BCUT2D eigenvalue weighted by Gasteiger charge is -2.17. The van der Waals surface area contributed by atoms with Gasteiger partial charge in [-0.2, -0.15) is 13.7 Å². The Bertz CT molecular complexity index is 1190. The molecule has 0 atom stereocenters. The van der Waals surface area contributed by atoms with Crippen molar-refractivity contribution in [3.63, 3.8) is 0 Å². The molecule has 0 radical (unpaired) electrons. The van der Waals surface area contributed by atoms with E-state index in [9.17, 15) is 13.7 Å². The minimum Gasteiger partial charge on any atom is -0.263 e. The van der Waals surface area contributed by atoms with E-state index in [1.807, 2.05) is 19.1 Å². The lowest BCUT2D eigenvalue weighted by Crippen LogP contribution is -2.19. The van der Waals surface area contributed by atoms with E-state index >= 15 is 0 Å². The number of allylic oxidation sites excluding steroid dienone is 8. The molecule has 5 heteroatoms. The van der Waals surface area contributed by atoms with Crippen LogP contribution in [0.2, 0.25) is 0 Å². The SMILES string of the molecule is CCCCC/C=C\CCCC(C#N)CCC/C=C\CCCCC.CCCCC/C=C\CCCC(CCC/C=C\CCCCC)OS(=O)(=O)c1ccc(C)cc1.